The standard InChI is InChI=1S/C17H17F2N3O5S2/c18-17(19)26-13-4-3-12(10-14(13)27-17)20-15(23)11-21-5-7-22(8-6-21)29(24,25)16-2-1-9-28-16/h1-4,9-10H,5-8,11H2,(H,20,23). The van der Waals surface area contributed by atoms with Gasteiger partial charge in [0.2, 0.25) is 5.91 Å². The first-order chi connectivity index (χ1) is 13.7. The molecule has 0 unspecified atom stereocenters. The van der Waals surface area contributed by atoms with E-state index in [1.807, 2.05) is 4.90 Å². The van der Waals surface area contributed by atoms with Gasteiger partial charge >= 0.3 is 6.29 Å². The zero-order chi connectivity index (χ0) is 20.6. The predicted octanol–water partition coefficient (Wildman–Crippen LogP) is 2.01. The smallest absolute Gasteiger partial charge is 0.395 e. The van der Waals surface area contributed by atoms with Crippen LogP contribution in [0.3, 0.4) is 0 Å². The largest absolute Gasteiger partial charge is 0.586 e. The molecule has 1 aromatic carbocycles. The number of ether oxygens (including phenoxy) is 2. The van der Waals surface area contributed by atoms with E-state index < -0.39 is 16.3 Å². The first kappa shape index (κ1) is 20.0. The second-order valence-electron chi connectivity index (χ2n) is 6.49. The average molecular weight is 445 g/mol. The van der Waals surface area contributed by atoms with Crippen molar-refractivity contribution >= 4 is 33.0 Å². The van der Waals surface area contributed by atoms with E-state index in [4.69, 9.17) is 0 Å². The van der Waals surface area contributed by atoms with Crippen molar-refractivity contribution in [2.24, 2.45) is 0 Å². The molecule has 0 saturated carbocycles. The van der Waals surface area contributed by atoms with Crippen molar-refractivity contribution in [3.63, 3.8) is 0 Å². The number of sulfonamides is 1. The Labute approximate surface area is 169 Å². The van der Waals surface area contributed by atoms with E-state index in [2.05, 4.69) is 14.8 Å². The number of benzene rings is 1. The molecule has 12 heteroatoms. The summed E-state index contributed by atoms with van der Waals surface area (Å²) in [5.74, 6) is -0.596. The second kappa shape index (κ2) is 7.52. The Hall–Kier alpha value is -2.28. The highest BCUT2D eigenvalue weighted by molar-refractivity contribution is 7.91. The molecule has 0 radical (unpaired) electrons. The number of piperazine rings is 1. The van der Waals surface area contributed by atoms with Crippen molar-refractivity contribution in [2.45, 2.75) is 10.5 Å². The fourth-order valence-electron chi connectivity index (χ4n) is 3.10. The molecule has 4 rings (SSSR count). The zero-order valence-electron chi connectivity index (χ0n) is 15.0. The van der Waals surface area contributed by atoms with Crippen LogP contribution in [0.5, 0.6) is 11.5 Å². The van der Waals surface area contributed by atoms with Crippen molar-refractivity contribution in [1.29, 1.82) is 0 Å². The number of thiophene rings is 1. The number of halogens is 2. The molecule has 2 aliphatic rings. The number of alkyl halides is 2. The Morgan fingerprint density at radius 1 is 1.14 bits per heavy atom. The molecule has 8 nitrogen and oxygen atoms in total. The molecule has 2 aliphatic heterocycles. The molecule has 0 bridgehead atoms. The van der Waals surface area contributed by atoms with Crippen molar-refractivity contribution in [3.8, 4) is 11.5 Å². The minimum absolute atomic E-state index is 0.0531. The Morgan fingerprint density at radius 3 is 2.55 bits per heavy atom. The van der Waals surface area contributed by atoms with Gasteiger partial charge in [-0.15, -0.1) is 20.1 Å². The van der Waals surface area contributed by atoms with Gasteiger partial charge < -0.3 is 14.8 Å². The molecular weight excluding hydrogens is 428 g/mol. The molecular formula is C17H17F2N3O5S2. The molecule has 0 spiro atoms. The second-order valence-corrected chi connectivity index (χ2v) is 9.60. The molecule has 1 amide bonds. The van der Waals surface area contributed by atoms with Crippen LogP contribution in [-0.2, 0) is 14.8 Å². The van der Waals surface area contributed by atoms with E-state index in [1.54, 1.807) is 17.5 Å². The van der Waals surface area contributed by atoms with E-state index in [9.17, 15) is 22.0 Å². The lowest BCUT2D eigenvalue weighted by atomic mass is 10.2. The SMILES string of the molecule is O=C(CN1CCN(S(=O)(=O)c2cccs2)CC1)Nc1ccc2c(c1)OC(F)(F)O2. The topological polar surface area (TPSA) is 88.2 Å². The minimum atomic E-state index is -3.71. The number of fused-ring (bicyclic) bond motifs is 1. The van der Waals surface area contributed by atoms with Gasteiger partial charge in [-0.1, -0.05) is 6.07 Å². The molecule has 0 atom stereocenters. The first-order valence-electron chi connectivity index (χ1n) is 8.69. The van der Waals surface area contributed by atoms with Gasteiger partial charge in [0.1, 0.15) is 4.21 Å². The predicted molar refractivity (Wildman–Crippen MR) is 101 cm³/mol. The fraction of sp³-hybridized carbons (Fsp3) is 0.353. The van der Waals surface area contributed by atoms with Crippen LogP contribution < -0.4 is 14.8 Å². The van der Waals surface area contributed by atoms with Crippen LogP contribution in [0, 0.1) is 0 Å². The summed E-state index contributed by atoms with van der Waals surface area (Å²) >= 11 is 1.17. The highest BCUT2D eigenvalue weighted by Crippen LogP contribution is 2.42. The number of carbonyl (C=O) groups is 1. The maximum Gasteiger partial charge on any atom is 0.586 e. The average Bonchev–Trinajstić information content (AvgIpc) is 3.28. The summed E-state index contributed by atoms with van der Waals surface area (Å²) in [6, 6.07) is 7.25. The van der Waals surface area contributed by atoms with Gasteiger partial charge in [0.05, 0.1) is 6.54 Å². The number of nitrogens with zero attached hydrogens (tertiary/aromatic N) is 2. The summed E-state index contributed by atoms with van der Waals surface area (Å²) in [4.78, 5) is 14.1. The number of anilines is 1. The van der Waals surface area contributed by atoms with E-state index in [0.717, 1.165) is 0 Å². The number of rotatable bonds is 5. The fourth-order valence-corrected chi connectivity index (χ4v) is 5.66. The van der Waals surface area contributed by atoms with Crippen molar-refractivity contribution in [1.82, 2.24) is 9.21 Å². The van der Waals surface area contributed by atoms with Crippen molar-refractivity contribution < 1.29 is 31.5 Å². The first-order valence-corrected chi connectivity index (χ1v) is 11.0. The summed E-state index contributed by atoms with van der Waals surface area (Å²) < 4.78 is 61.5. The van der Waals surface area contributed by atoms with Gasteiger partial charge in [-0.3, -0.25) is 9.69 Å². The number of carbonyl (C=O) groups excluding carboxylic acids is 1. The Morgan fingerprint density at radius 2 is 1.86 bits per heavy atom. The van der Waals surface area contributed by atoms with Crippen molar-refractivity contribution in [3.05, 3.63) is 35.7 Å². The van der Waals surface area contributed by atoms with Gasteiger partial charge in [0, 0.05) is 37.9 Å². The molecule has 29 heavy (non-hydrogen) atoms. The van der Waals surface area contributed by atoms with Crippen LogP contribution >= 0.6 is 11.3 Å². The number of hydrogen-bond acceptors (Lipinski definition) is 7. The molecule has 1 saturated heterocycles. The van der Waals surface area contributed by atoms with E-state index in [1.165, 1.54) is 33.8 Å². The number of hydrogen-bond donors (Lipinski definition) is 1. The molecule has 1 aromatic heterocycles. The van der Waals surface area contributed by atoms with Crippen LogP contribution in [0.15, 0.2) is 39.9 Å². The molecule has 156 valence electrons. The maximum absolute atomic E-state index is 13.1. The maximum atomic E-state index is 13.1. The molecule has 1 N–H and O–H groups in total. The van der Waals surface area contributed by atoms with Gasteiger partial charge in [-0.25, -0.2) is 8.42 Å². The third-order valence-corrected chi connectivity index (χ3v) is 7.74. The van der Waals surface area contributed by atoms with E-state index >= 15 is 0 Å². The summed E-state index contributed by atoms with van der Waals surface area (Å²) in [5.41, 5.74) is 0.300. The van der Waals surface area contributed by atoms with Crippen LogP contribution in [0.1, 0.15) is 0 Å². The summed E-state index contributed by atoms with van der Waals surface area (Å²) in [7, 11) is -3.50. The summed E-state index contributed by atoms with van der Waals surface area (Å²) in [6.45, 7) is 1.44. The van der Waals surface area contributed by atoms with Gasteiger partial charge in [0.15, 0.2) is 11.5 Å². The van der Waals surface area contributed by atoms with Gasteiger partial charge in [0.25, 0.3) is 10.0 Å². The van der Waals surface area contributed by atoms with Crippen LogP contribution in [-0.4, -0.2) is 62.5 Å². The van der Waals surface area contributed by atoms with Crippen LogP contribution in [0.4, 0.5) is 14.5 Å². The molecule has 2 aromatic rings. The molecule has 0 aliphatic carbocycles. The highest BCUT2D eigenvalue weighted by atomic mass is 32.2. The normalized spacial score (nSPS) is 19.2. The highest BCUT2D eigenvalue weighted by Gasteiger charge is 2.43. The van der Waals surface area contributed by atoms with Crippen molar-refractivity contribution in [2.75, 3.05) is 38.0 Å². The van der Waals surface area contributed by atoms with E-state index in [0.29, 0.717) is 23.0 Å². The summed E-state index contributed by atoms with van der Waals surface area (Å²) in [6.07, 6.45) is -3.71. The lowest BCUT2D eigenvalue weighted by molar-refractivity contribution is -0.286. The Kier molecular flexibility index (Phi) is 5.19. The summed E-state index contributed by atoms with van der Waals surface area (Å²) in [5, 5.41) is 4.33. The lowest BCUT2D eigenvalue weighted by Gasteiger charge is -2.33. The third kappa shape index (κ3) is 4.34. The number of nitrogens with one attached hydrogen (secondary N) is 1. The lowest BCUT2D eigenvalue weighted by Crippen LogP contribution is -2.50. The van der Waals surface area contributed by atoms with Crippen LogP contribution in [0.2, 0.25) is 0 Å². The third-order valence-electron chi connectivity index (χ3n) is 4.47. The molecule has 1 fully saturated rings. The number of amides is 1. The van der Waals surface area contributed by atoms with Gasteiger partial charge in [-0.2, -0.15) is 4.31 Å². The minimum Gasteiger partial charge on any atom is -0.395 e. The Balaban J connectivity index is 1.30. The molecule has 3 heterocycles. The zero-order valence-corrected chi connectivity index (χ0v) is 16.6. The Bertz CT molecular complexity index is 1010. The van der Waals surface area contributed by atoms with E-state index in [-0.39, 0.29) is 37.0 Å². The van der Waals surface area contributed by atoms with Gasteiger partial charge in [-0.05, 0) is 23.6 Å². The quantitative estimate of drug-likeness (QED) is 0.758. The monoisotopic (exact) mass is 445 g/mol. The van der Waals surface area contributed by atoms with Crippen LogP contribution in [0.25, 0.3) is 0 Å².